The molecule has 2 rings (SSSR count). The lowest BCUT2D eigenvalue weighted by Gasteiger charge is -2.06. The summed E-state index contributed by atoms with van der Waals surface area (Å²) in [6.45, 7) is 1.82. The van der Waals surface area contributed by atoms with Crippen molar-refractivity contribution in [1.29, 1.82) is 0 Å². The van der Waals surface area contributed by atoms with E-state index in [2.05, 4.69) is 5.10 Å². The molecule has 0 N–H and O–H groups in total. The van der Waals surface area contributed by atoms with Gasteiger partial charge in [0.05, 0.1) is 31.8 Å². The predicted octanol–water partition coefficient (Wildman–Crippen LogP) is 1.98. The van der Waals surface area contributed by atoms with Crippen molar-refractivity contribution >= 4 is 5.97 Å². The molecule has 0 spiro atoms. The Morgan fingerprint density at radius 1 is 1.22 bits per heavy atom. The Hall–Kier alpha value is -2.30. The summed E-state index contributed by atoms with van der Waals surface area (Å²) >= 11 is 0. The van der Waals surface area contributed by atoms with Crippen molar-refractivity contribution in [3.8, 4) is 11.4 Å². The zero-order valence-electron chi connectivity index (χ0n) is 10.5. The number of methoxy groups -OCH3 is 2. The number of hydrogen-bond donors (Lipinski definition) is 0. The largest absolute Gasteiger partial charge is 0.497 e. The van der Waals surface area contributed by atoms with Crippen LogP contribution in [0.1, 0.15) is 16.1 Å². The van der Waals surface area contributed by atoms with E-state index in [-0.39, 0.29) is 5.97 Å². The third-order valence-corrected chi connectivity index (χ3v) is 2.73. The van der Waals surface area contributed by atoms with Gasteiger partial charge in [-0.2, -0.15) is 5.10 Å². The van der Waals surface area contributed by atoms with Crippen LogP contribution in [0.25, 0.3) is 5.69 Å². The number of aromatic nitrogens is 2. The van der Waals surface area contributed by atoms with E-state index < -0.39 is 0 Å². The average Bonchev–Trinajstić information content (AvgIpc) is 2.80. The van der Waals surface area contributed by atoms with Crippen LogP contribution >= 0.6 is 0 Å². The van der Waals surface area contributed by atoms with Gasteiger partial charge in [0.25, 0.3) is 0 Å². The summed E-state index contributed by atoms with van der Waals surface area (Å²) in [4.78, 5) is 11.5. The van der Waals surface area contributed by atoms with Crippen molar-refractivity contribution in [3.63, 3.8) is 0 Å². The Balaban J connectivity index is 2.39. The predicted molar refractivity (Wildman–Crippen MR) is 66.2 cm³/mol. The molecule has 0 saturated carbocycles. The Labute approximate surface area is 105 Å². The minimum absolute atomic E-state index is 0.382. The SMILES string of the molecule is COC(=O)c1cnn(-c2ccc(OC)cc2)c1C. The molecule has 0 amide bonds. The zero-order chi connectivity index (χ0) is 13.1. The fraction of sp³-hybridized carbons (Fsp3) is 0.231. The van der Waals surface area contributed by atoms with Crippen LogP contribution in [0.4, 0.5) is 0 Å². The molecular formula is C13H14N2O3. The van der Waals surface area contributed by atoms with Crippen LogP contribution < -0.4 is 4.74 Å². The Kier molecular flexibility index (Phi) is 3.32. The van der Waals surface area contributed by atoms with Gasteiger partial charge in [-0.05, 0) is 31.2 Å². The molecule has 0 aliphatic carbocycles. The fourth-order valence-electron chi connectivity index (χ4n) is 1.70. The maximum Gasteiger partial charge on any atom is 0.341 e. The number of ether oxygens (including phenoxy) is 2. The van der Waals surface area contributed by atoms with E-state index in [1.165, 1.54) is 13.3 Å². The van der Waals surface area contributed by atoms with Crippen LogP contribution in [-0.2, 0) is 4.74 Å². The van der Waals surface area contributed by atoms with E-state index >= 15 is 0 Å². The summed E-state index contributed by atoms with van der Waals surface area (Å²) in [5.41, 5.74) is 2.07. The maximum atomic E-state index is 11.5. The number of nitrogens with zero attached hydrogens (tertiary/aromatic N) is 2. The number of rotatable bonds is 3. The number of esters is 1. The highest BCUT2D eigenvalue weighted by molar-refractivity contribution is 5.90. The zero-order valence-corrected chi connectivity index (χ0v) is 10.5. The van der Waals surface area contributed by atoms with E-state index in [0.717, 1.165) is 17.1 Å². The monoisotopic (exact) mass is 246 g/mol. The molecule has 0 saturated heterocycles. The smallest absolute Gasteiger partial charge is 0.341 e. The molecule has 0 atom stereocenters. The van der Waals surface area contributed by atoms with E-state index in [9.17, 15) is 4.79 Å². The van der Waals surface area contributed by atoms with Gasteiger partial charge in [0.2, 0.25) is 0 Å². The lowest BCUT2D eigenvalue weighted by atomic mass is 10.2. The van der Waals surface area contributed by atoms with Crippen LogP contribution in [0.5, 0.6) is 5.75 Å². The van der Waals surface area contributed by atoms with Crippen molar-refractivity contribution in [3.05, 3.63) is 41.7 Å². The van der Waals surface area contributed by atoms with Gasteiger partial charge >= 0.3 is 5.97 Å². The lowest BCUT2D eigenvalue weighted by molar-refractivity contribution is 0.0600. The van der Waals surface area contributed by atoms with Gasteiger partial charge in [0.15, 0.2) is 0 Å². The van der Waals surface area contributed by atoms with Gasteiger partial charge < -0.3 is 9.47 Å². The summed E-state index contributed by atoms with van der Waals surface area (Å²) in [6.07, 6.45) is 1.51. The number of hydrogen-bond acceptors (Lipinski definition) is 4. The van der Waals surface area contributed by atoms with Crippen LogP contribution in [0.15, 0.2) is 30.5 Å². The van der Waals surface area contributed by atoms with Gasteiger partial charge in [0, 0.05) is 0 Å². The van der Waals surface area contributed by atoms with Gasteiger partial charge in [-0.1, -0.05) is 0 Å². The molecule has 0 bridgehead atoms. The van der Waals surface area contributed by atoms with E-state index in [0.29, 0.717) is 5.56 Å². The van der Waals surface area contributed by atoms with Gasteiger partial charge in [0.1, 0.15) is 11.3 Å². The highest BCUT2D eigenvalue weighted by Gasteiger charge is 2.15. The van der Waals surface area contributed by atoms with Gasteiger partial charge in [-0.25, -0.2) is 9.48 Å². The molecule has 2 aromatic rings. The highest BCUT2D eigenvalue weighted by Crippen LogP contribution is 2.18. The van der Waals surface area contributed by atoms with Crippen molar-refractivity contribution < 1.29 is 14.3 Å². The third kappa shape index (κ3) is 2.07. The molecule has 1 aromatic carbocycles. The summed E-state index contributed by atoms with van der Waals surface area (Å²) in [5.74, 6) is 0.393. The summed E-state index contributed by atoms with van der Waals surface area (Å²) in [6, 6.07) is 7.43. The van der Waals surface area contributed by atoms with Crippen molar-refractivity contribution in [2.24, 2.45) is 0 Å². The topological polar surface area (TPSA) is 53.3 Å². The van der Waals surface area contributed by atoms with Crippen LogP contribution in [0.3, 0.4) is 0 Å². The highest BCUT2D eigenvalue weighted by atomic mass is 16.5. The third-order valence-electron chi connectivity index (χ3n) is 2.73. The van der Waals surface area contributed by atoms with Crippen LogP contribution in [0.2, 0.25) is 0 Å². The summed E-state index contributed by atoms with van der Waals surface area (Å²) in [7, 11) is 2.97. The second-order valence-corrected chi connectivity index (χ2v) is 3.75. The van der Waals surface area contributed by atoms with Gasteiger partial charge in [-0.3, -0.25) is 0 Å². The lowest BCUT2D eigenvalue weighted by Crippen LogP contribution is -2.04. The number of carbonyl (C=O) groups is 1. The number of benzene rings is 1. The standard InChI is InChI=1S/C13H14N2O3/c1-9-12(13(16)18-3)8-14-15(9)10-4-6-11(17-2)7-5-10/h4-8H,1-3H3. The molecule has 18 heavy (non-hydrogen) atoms. The van der Waals surface area contributed by atoms with Crippen molar-refractivity contribution in [1.82, 2.24) is 9.78 Å². The molecule has 1 heterocycles. The molecule has 5 heteroatoms. The first kappa shape index (κ1) is 12.2. The second-order valence-electron chi connectivity index (χ2n) is 3.75. The molecule has 94 valence electrons. The quantitative estimate of drug-likeness (QED) is 0.777. The first-order valence-electron chi connectivity index (χ1n) is 5.44. The Bertz CT molecular complexity index is 558. The molecule has 0 aliphatic rings. The normalized spacial score (nSPS) is 10.2. The number of carbonyl (C=O) groups excluding carboxylic acids is 1. The molecule has 1 aromatic heterocycles. The minimum atomic E-state index is -0.382. The fourth-order valence-corrected chi connectivity index (χ4v) is 1.70. The minimum Gasteiger partial charge on any atom is -0.497 e. The second kappa shape index (κ2) is 4.91. The van der Waals surface area contributed by atoms with E-state index in [1.807, 2.05) is 31.2 Å². The summed E-state index contributed by atoms with van der Waals surface area (Å²) in [5, 5.41) is 4.19. The van der Waals surface area contributed by atoms with Crippen LogP contribution in [-0.4, -0.2) is 30.0 Å². The average molecular weight is 246 g/mol. The molecule has 0 aliphatic heterocycles. The molecule has 0 unspecified atom stereocenters. The molecule has 0 fully saturated rings. The van der Waals surface area contributed by atoms with Crippen LogP contribution in [0, 0.1) is 6.92 Å². The van der Waals surface area contributed by atoms with Crippen molar-refractivity contribution in [2.75, 3.05) is 14.2 Å². The van der Waals surface area contributed by atoms with E-state index in [1.54, 1.807) is 11.8 Å². The van der Waals surface area contributed by atoms with Gasteiger partial charge in [-0.15, -0.1) is 0 Å². The van der Waals surface area contributed by atoms with Crippen molar-refractivity contribution in [2.45, 2.75) is 6.92 Å². The first-order valence-corrected chi connectivity index (χ1v) is 5.44. The molecular weight excluding hydrogens is 232 g/mol. The Morgan fingerprint density at radius 2 is 1.89 bits per heavy atom. The first-order chi connectivity index (χ1) is 8.67. The molecule has 0 radical (unpaired) electrons. The Morgan fingerprint density at radius 3 is 2.44 bits per heavy atom. The van der Waals surface area contributed by atoms with E-state index in [4.69, 9.17) is 9.47 Å². The maximum absolute atomic E-state index is 11.5. The molecule has 5 nitrogen and oxygen atoms in total. The summed E-state index contributed by atoms with van der Waals surface area (Å²) < 4.78 is 11.5.